The van der Waals surface area contributed by atoms with Gasteiger partial charge < -0.3 is 15.0 Å². The number of hydrogen-bond acceptors (Lipinski definition) is 4. The molecule has 0 aliphatic carbocycles. The standard InChI is InChI=1S/C23H30Cl2N4O/c1-7-15-20(25)23-21(13(4)10-29(23)14(5)11-30-6)28-22(15)19-16(24)8-17(12(2)3)27-18(19)9-26/h8,10,12,14H,7,9,11,26H2,1-6H3/t14-/m1/s1. The highest BCUT2D eigenvalue weighted by molar-refractivity contribution is 6.37. The van der Waals surface area contributed by atoms with Gasteiger partial charge in [0.2, 0.25) is 0 Å². The molecule has 2 N–H and O–H groups in total. The zero-order valence-corrected chi connectivity index (χ0v) is 20.0. The van der Waals surface area contributed by atoms with Gasteiger partial charge in [-0.3, -0.25) is 4.98 Å². The van der Waals surface area contributed by atoms with Gasteiger partial charge in [0.25, 0.3) is 0 Å². The molecule has 0 saturated heterocycles. The topological polar surface area (TPSA) is 66.0 Å². The van der Waals surface area contributed by atoms with Crippen LogP contribution in [-0.2, 0) is 17.7 Å². The first-order valence-corrected chi connectivity index (χ1v) is 11.1. The van der Waals surface area contributed by atoms with Crippen molar-refractivity contribution < 1.29 is 4.74 Å². The van der Waals surface area contributed by atoms with Gasteiger partial charge in [-0.25, -0.2) is 4.98 Å². The third kappa shape index (κ3) is 3.96. The Labute approximate surface area is 188 Å². The molecule has 0 radical (unpaired) electrons. The number of pyridine rings is 2. The zero-order chi connectivity index (χ0) is 22.2. The Morgan fingerprint density at radius 3 is 2.47 bits per heavy atom. The lowest BCUT2D eigenvalue weighted by Crippen LogP contribution is -2.11. The fourth-order valence-electron chi connectivity index (χ4n) is 3.90. The number of nitrogens with two attached hydrogens (primary N) is 1. The molecule has 0 fully saturated rings. The predicted molar refractivity (Wildman–Crippen MR) is 126 cm³/mol. The van der Waals surface area contributed by atoms with Crippen LogP contribution < -0.4 is 5.73 Å². The molecule has 3 aromatic rings. The van der Waals surface area contributed by atoms with Crippen LogP contribution in [0.3, 0.4) is 0 Å². The normalized spacial score (nSPS) is 12.9. The highest BCUT2D eigenvalue weighted by atomic mass is 35.5. The molecule has 0 amide bonds. The number of nitrogens with zero attached hydrogens (tertiary/aromatic N) is 3. The fourth-order valence-corrected chi connectivity index (χ4v) is 4.62. The average Bonchev–Trinajstić information content (AvgIpc) is 3.04. The Hall–Kier alpha value is -1.66. The Bertz CT molecular complexity index is 1080. The Morgan fingerprint density at radius 2 is 1.90 bits per heavy atom. The maximum absolute atomic E-state index is 6.99. The number of halogens is 2. The lowest BCUT2D eigenvalue weighted by molar-refractivity contribution is 0.164. The molecule has 3 aromatic heterocycles. The van der Waals surface area contributed by atoms with Crippen molar-refractivity contribution in [2.24, 2.45) is 5.73 Å². The maximum Gasteiger partial charge on any atom is 0.0933 e. The molecule has 0 unspecified atom stereocenters. The second-order valence-electron chi connectivity index (χ2n) is 8.04. The van der Waals surface area contributed by atoms with Crippen LogP contribution in [0.25, 0.3) is 22.3 Å². The summed E-state index contributed by atoms with van der Waals surface area (Å²) >= 11 is 13.8. The molecule has 0 bridgehead atoms. The summed E-state index contributed by atoms with van der Waals surface area (Å²) in [6, 6.07) is 2.05. The molecule has 1 atom stereocenters. The van der Waals surface area contributed by atoms with Crippen LogP contribution in [0.1, 0.15) is 62.2 Å². The van der Waals surface area contributed by atoms with Crippen molar-refractivity contribution >= 4 is 34.2 Å². The minimum atomic E-state index is 0.135. The van der Waals surface area contributed by atoms with E-state index in [-0.39, 0.29) is 18.5 Å². The second kappa shape index (κ2) is 9.23. The quantitative estimate of drug-likeness (QED) is 0.476. The number of rotatable bonds is 7. The van der Waals surface area contributed by atoms with Gasteiger partial charge in [-0.2, -0.15) is 0 Å². The van der Waals surface area contributed by atoms with Crippen molar-refractivity contribution in [1.29, 1.82) is 0 Å². The number of aromatic nitrogens is 3. The molecular weight excluding hydrogens is 419 g/mol. The minimum Gasteiger partial charge on any atom is -0.383 e. The van der Waals surface area contributed by atoms with Gasteiger partial charge in [-0.15, -0.1) is 0 Å². The molecule has 5 nitrogen and oxygen atoms in total. The van der Waals surface area contributed by atoms with Crippen LogP contribution in [0, 0.1) is 6.92 Å². The van der Waals surface area contributed by atoms with Gasteiger partial charge >= 0.3 is 0 Å². The van der Waals surface area contributed by atoms with E-state index in [0.29, 0.717) is 23.1 Å². The number of aryl methyl sites for hydroxylation is 1. The van der Waals surface area contributed by atoms with Crippen molar-refractivity contribution in [3.63, 3.8) is 0 Å². The third-order valence-electron chi connectivity index (χ3n) is 5.50. The van der Waals surface area contributed by atoms with Crippen molar-refractivity contribution in [3.8, 4) is 11.3 Å². The van der Waals surface area contributed by atoms with Gasteiger partial charge in [0.05, 0.1) is 45.1 Å². The van der Waals surface area contributed by atoms with Crippen LogP contribution in [0.5, 0.6) is 0 Å². The number of methoxy groups -OCH3 is 1. The fraction of sp³-hybridized carbons (Fsp3) is 0.478. The van der Waals surface area contributed by atoms with Gasteiger partial charge in [-0.1, -0.05) is 44.0 Å². The summed E-state index contributed by atoms with van der Waals surface area (Å²) < 4.78 is 7.51. The Morgan fingerprint density at radius 1 is 1.20 bits per heavy atom. The Kier molecular flexibility index (Phi) is 7.08. The summed E-state index contributed by atoms with van der Waals surface area (Å²) in [6.07, 6.45) is 2.80. The van der Waals surface area contributed by atoms with Gasteiger partial charge in [0.1, 0.15) is 0 Å². The van der Waals surface area contributed by atoms with E-state index in [1.54, 1.807) is 7.11 Å². The van der Waals surface area contributed by atoms with Gasteiger partial charge in [0, 0.05) is 31.1 Å². The van der Waals surface area contributed by atoms with Gasteiger partial charge in [0.15, 0.2) is 0 Å². The highest BCUT2D eigenvalue weighted by Gasteiger charge is 2.24. The summed E-state index contributed by atoms with van der Waals surface area (Å²) in [5.41, 5.74) is 13.1. The minimum absolute atomic E-state index is 0.135. The summed E-state index contributed by atoms with van der Waals surface area (Å²) in [4.78, 5) is 9.84. The van der Waals surface area contributed by atoms with E-state index in [4.69, 9.17) is 43.6 Å². The molecule has 0 spiro atoms. The number of fused-ring (bicyclic) bond motifs is 1. The molecule has 30 heavy (non-hydrogen) atoms. The predicted octanol–water partition coefficient (Wildman–Crippen LogP) is 6.07. The van der Waals surface area contributed by atoms with E-state index >= 15 is 0 Å². The van der Waals surface area contributed by atoms with Crippen LogP contribution in [0.4, 0.5) is 0 Å². The third-order valence-corrected chi connectivity index (χ3v) is 6.20. The highest BCUT2D eigenvalue weighted by Crippen LogP contribution is 2.40. The first-order valence-electron chi connectivity index (χ1n) is 10.3. The first-order chi connectivity index (χ1) is 14.2. The molecule has 7 heteroatoms. The molecule has 0 aliphatic heterocycles. The molecule has 3 heterocycles. The number of ether oxygens (including phenoxy) is 1. The van der Waals surface area contributed by atoms with Crippen LogP contribution in [-0.4, -0.2) is 28.3 Å². The largest absolute Gasteiger partial charge is 0.383 e. The van der Waals surface area contributed by atoms with E-state index < -0.39 is 0 Å². The first kappa shape index (κ1) is 23.0. The van der Waals surface area contributed by atoms with E-state index in [1.807, 2.05) is 13.0 Å². The molecule has 162 valence electrons. The molecule has 0 saturated carbocycles. The van der Waals surface area contributed by atoms with E-state index in [9.17, 15) is 0 Å². The van der Waals surface area contributed by atoms with Crippen molar-refractivity contribution in [2.45, 2.75) is 59.5 Å². The van der Waals surface area contributed by atoms with Crippen molar-refractivity contribution in [2.75, 3.05) is 13.7 Å². The van der Waals surface area contributed by atoms with Gasteiger partial charge in [-0.05, 0) is 43.4 Å². The SMILES string of the molecule is CCc1c(-c2c(Cl)cc(C(C)C)nc2CN)nc2c(C)cn([C@H](C)COC)c2c1Cl. The van der Waals surface area contributed by atoms with Crippen LogP contribution >= 0.6 is 23.2 Å². The zero-order valence-electron chi connectivity index (χ0n) is 18.5. The lowest BCUT2D eigenvalue weighted by atomic mass is 9.99. The monoisotopic (exact) mass is 448 g/mol. The van der Waals surface area contributed by atoms with Crippen LogP contribution in [0.2, 0.25) is 10.0 Å². The second-order valence-corrected chi connectivity index (χ2v) is 8.82. The van der Waals surface area contributed by atoms with E-state index in [1.165, 1.54) is 0 Å². The summed E-state index contributed by atoms with van der Waals surface area (Å²) in [5.74, 6) is 0.255. The van der Waals surface area contributed by atoms with Crippen LogP contribution in [0.15, 0.2) is 12.3 Å². The molecule has 3 rings (SSSR count). The Balaban J connectivity index is 2.35. The maximum atomic E-state index is 6.99. The van der Waals surface area contributed by atoms with Crippen molar-refractivity contribution in [3.05, 3.63) is 44.8 Å². The molecule has 0 aromatic carbocycles. The lowest BCUT2D eigenvalue weighted by Gasteiger charge is -2.19. The summed E-state index contributed by atoms with van der Waals surface area (Å²) in [6.45, 7) is 11.3. The average molecular weight is 449 g/mol. The smallest absolute Gasteiger partial charge is 0.0933 e. The van der Waals surface area contributed by atoms with E-state index in [2.05, 4.69) is 38.5 Å². The van der Waals surface area contributed by atoms with Crippen molar-refractivity contribution in [1.82, 2.24) is 14.5 Å². The summed E-state index contributed by atoms with van der Waals surface area (Å²) in [5, 5.41) is 1.30. The summed E-state index contributed by atoms with van der Waals surface area (Å²) in [7, 11) is 1.70. The molecular formula is C23H30Cl2N4O. The number of hydrogen-bond donors (Lipinski definition) is 1. The molecule has 0 aliphatic rings. The van der Waals surface area contributed by atoms with E-state index in [0.717, 1.165) is 44.8 Å².